The number of nitriles is 1. The first kappa shape index (κ1) is 16.2. The van der Waals surface area contributed by atoms with Crippen LogP contribution in [0.25, 0.3) is 0 Å². The third-order valence-corrected chi connectivity index (χ3v) is 4.08. The van der Waals surface area contributed by atoms with Crippen LogP contribution in [0, 0.1) is 17.1 Å². The van der Waals surface area contributed by atoms with E-state index in [1.54, 1.807) is 17.0 Å². The molecule has 3 rings (SSSR count). The van der Waals surface area contributed by atoms with Crippen LogP contribution in [0.2, 0.25) is 0 Å². The number of ether oxygens (including phenoxy) is 1. The first-order chi connectivity index (χ1) is 11.7. The van der Waals surface area contributed by atoms with Gasteiger partial charge in [-0.25, -0.2) is 4.39 Å². The van der Waals surface area contributed by atoms with E-state index in [-0.39, 0.29) is 11.7 Å². The molecule has 0 aromatic heterocycles. The van der Waals surface area contributed by atoms with Crippen LogP contribution < -0.4 is 0 Å². The average Bonchev–Trinajstić information content (AvgIpc) is 2.63. The number of carbonyl (C=O) groups is 1. The number of carbonyl (C=O) groups excluding carboxylic acids is 1. The average molecular weight is 324 g/mol. The minimum atomic E-state index is -0.358. The fraction of sp³-hybridized carbons (Fsp3) is 0.263. The zero-order valence-electron chi connectivity index (χ0n) is 13.2. The second-order valence-corrected chi connectivity index (χ2v) is 5.69. The quantitative estimate of drug-likeness (QED) is 0.872. The van der Waals surface area contributed by atoms with Crippen molar-refractivity contribution in [1.82, 2.24) is 4.90 Å². The summed E-state index contributed by atoms with van der Waals surface area (Å²) in [7, 11) is 0. The molecule has 1 heterocycles. The maximum absolute atomic E-state index is 13.4. The van der Waals surface area contributed by atoms with Crippen LogP contribution >= 0.6 is 0 Å². The van der Waals surface area contributed by atoms with Crippen molar-refractivity contribution in [3.63, 3.8) is 0 Å². The molecule has 0 atom stereocenters. The van der Waals surface area contributed by atoms with E-state index in [0.29, 0.717) is 49.4 Å². The summed E-state index contributed by atoms with van der Waals surface area (Å²) in [5.41, 5.74) is 2.66. The molecule has 0 N–H and O–H groups in total. The van der Waals surface area contributed by atoms with Crippen molar-refractivity contribution in [2.75, 3.05) is 26.3 Å². The Morgan fingerprint density at radius 3 is 2.54 bits per heavy atom. The molecule has 2 aromatic carbocycles. The summed E-state index contributed by atoms with van der Waals surface area (Å²) in [6.45, 7) is 2.35. The topological polar surface area (TPSA) is 53.3 Å². The number of nitrogens with zero attached hydrogens (tertiary/aromatic N) is 2. The highest BCUT2D eigenvalue weighted by molar-refractivity contribution is 5.94. The number of morpholine rings is 1. The van der Waals surface area contributed by atoms with E-state index in [2.05, 4.69) is 6.07 Å². The number of benzene rings is 2. The van der Waals surface area contributed by atoms with Crippen molar-refractivity contribution in [3.05, 3.63) is 70.5 Å². The number of rotatable bonds is 3. The van der Waals surface area contributed by atoms with Crippen LogP contribution in [-0.2, 0) is 11.2 Å². The lowest BCUT2D eigenvalue weighted by molar-refractivity contribution is 0.0303. The van der Waals surface area contributed by atoms with Crippen LogP contribution in [0.1, 0.15) is 27.0 Å². The number of amides is 1. The summed E-state index contributed by atoms with van der Waals surface area (Å²) in [4.78, 5) is 14.2. The smallest absolute Gasteiger partial charge is 0.254 e. The van der Waals surface area contributed by atoms with Gasteiger partial charge in [0, 0.05) is 18.7 Å². The first-order valence-corrected chi connectivity index (χ1v) is 7.82. The van der Waals surface area contributed by atoms with Gasteiger partial charge in [0.1, 0.15) is 5.82 Å². The van der Waals surface area contributed by atoms with Crippen molar-refractivity contribution in [1.29, 1.82) is 5.26 Å². The Kier molecular flexibility index (Phi) is 4.88. The number of hydrogen-bond donors (Lipinski definition) is 0. The van der Waals surface area contributed by atoms with Crippen LogP contribution in [0.15, 0.2) is 42.5 Å². The minimum absolute atomic E-state index is 0.00619. The summed E-state index contributed by atoms with van der Waals surface area (Å²) in [6, 6.07) is 13.5. The Morgan fingerprint density at radius 2 is 1.88 bits per heavy atom. The summed E-state index contributed by atoms with van der Waals surface area (Å²) in [5.74, 6) is -0.364. The molecule has 2 aromatic rings. The third-order valence-electron chi connectivity index (χ3n) is 4.08. The largest absolute Gasteiger partial charge is 0.378 e. The molecule has 0 aliphatic carbocycles. The second kappa shape index (κ2) is 7.24. The van der Waals surface area contributed by atoms with Gasteiger partial charge < -0.3 is 9.64 Å². The van der Waals surface area contributed by atoms with Gasteiger partial charge in [0.2, 0.25) is 0 Å². The van der Waals surface area contributed by atoms with E-state index in [1.807, 2.05) is 12.1 Å². The first-order valence-electron chi connectivity index (χ1n) is 7.82. The molecule has 1 aliphatic heterocycles. The molecule has 0 bridgehead atoms. The number of hydrogen-bond acceptors (Lipinski definition) is 3. The maximum atomic E-state index is 13.4. The van der Waals surface area contributed by atoms with Crippen molar-refractivity contribution >= 4 is 5.91 Å². The van der Waals surface area contributed by atoms with Crippen molar-refractivity contribution in [2.45, 2.75) is 6.42 Å². The van der Waals surface area contributed by atoms with Crippen LogP contribution in [0.3, 0.4) is 0 Å². The zero-order valence-corrected chi connectivity index (χ0v) is 13.2. The van der Waals surface area contributed by atoms with Gasteiger partial charge in [0.05, 0.1) is 24.8 Å². The van der Waals surface area contributed by atoms with Crippen LogP contribution in [0.4, 0.5) is 4.39 Å². The maximum Gasteiger partial charge on any atom is 0.254 e. The lowest BCUT2D eigenvalue weighted by Gasteiger charge is -2.26. The minimum Gasteiger partial charge on any atom is -0.378 e. The molecular formula is C19H17FN2O2. The molecule has 5 heteroatoms. The molecule has 122 valence electrons. The standard InChI is InChI=1S/C19H17FN2O2/c20-18-6-5-16(13-21)17(12-18)11-14-1-3-15(4-2-14)19(23)22-7-9-24-10-8-22/h1-6,12H,7-11H2. The summed E-state index contributed by atoms with van der Waals surface area (Å²) >= 11 is 0. The predicted octanol–water partition coefficient (Wildman–Crippen LogP) is 2.76. The van der Waals surface area contributed by atoms with Gasteiger partial charge in [-0.1, -0.05) is 12.1 Å². The third kappa shape index (κ3) is 3.61. The van der Waals surface area contributed by atoms with E-state index < -0.39 is 0 Å². The van der Waals surface area contributed by atoms with Crippen LogP contribution in [0.5, 0.6) is 0 Å². The Morgan fingerprint density at radius 1 is 1.17 bits per heavy atom. The fourth-order valence-electron chi connectivity index (χ4n) is 2.75. The van der Waals surface area contributed by atoms with E-state index in [9.17, 15) is 9.18 Å². The van der Waals surface area contributed by atoms with Gasteiger partial charge in [-0.3, -0.25) is 4.79 Å². The van der Waals surface area contributed by atoms with E-state index in [1.165, 1.54) is 18.2 Å². The highest BCUT2D eigenvalue weighted by Gasteiger charge is 2.18. The lowest BCUT2D eigenvalue weighted by Crippen LogP contribution is -2.40. The molecule has 0 radical (unpaired) electrons. The lowest BCUT2D eigenvalue weighted by atomic mass is 9.99. The van der Waals surface area contributed by atoms with Gasteiger partial charge in [-0.15, -0.1) is 0 Å². The molecular weight excluding hydrogens is 307 g/mol. The Bertz CT molecular complexity index is 775. The second-order valence-electron chi connectivity index (χ2n) is 5.69. The summed E-state index contributed by atoms with van der Waals surface area (Å²) in [5, 5.41) is 9.12. The monoisotopic (exact) mass is 324 g/mol. The molecule has 24 heavy (non-hydrogen) atoms. The van der Waals surface area contributed by atoms with Crippen molar-refractivity contribution < 1.29 is 13.9 Å². The van der Waals surface area contributed by atoms with E-state index in [0.717, 1.165) is 5.56 Å². The molecule has 1 amide bonds. The molecule has 0 unspecified atom stereocenters. The highest BCUT2D eigenvalue weighted by atomic mass is 19.1. The molecule has 1 saturated heterocycles. The SMILES string of the molecule is N#Cc1ccc(F)cc1Cc1ccc(C(=O)N2CCOCC2)cc1. The van der Waals surface area contributed by atoms with Gasteiger partial charge in [0.25, 0.3) is 5.91 Å². The molecule has 0 saturated carbocycles. The van der Waals surface area contributed by atoms with E-state index in [4.69, 9.17) is 10.00 Å². The summed E-state index contributed by atoms with van der Waals surface area (Å²) < 4.78 is 18.6. The van der Waals surface area contributed by atoms with Gasteiger partial charge in [0.15, 0.2) is 0 Å². The Hall–Kier alpha value is -2.71. The van der Waals surface area contributed by atoms with Gasteiger partial charge >= 0.3 is 0 Å². The number of halogens is 1. The Balaban J connectivity index is 1.74. The summed E-state index contributed by atoms with van der Waals surface area (Å²) in [6.07, 6.45) is 0.451. The van der Waals surface area contributed by atoms with Gasteiger partial charge in [-0.2, -0.15) is 5.26 Å². The fourth-order valence-corrected chi connectivity index (χ4v) is 2.75. The zero-order chi connectivity index (χ0) is 16.9. The Labute approximate surface area is 140 Å². The molecule has 1 aliphatic rings. The van der Waals surface area contributed by atoms with Gasteiger partial charge in [-0.05, 0) is 47.9 Å². The normalized spacial score (nSPS) is 14.2. The van der Waals surface area contributed by atoms with E-state index >= 15 is 0 Å². The molecule has 4 nitrogen and oxygen atoms in total. The van der Waals surface area contributed by atoms with Crippen molar-refractivity contribution in [3.8, 4) is 6.07 Å². The molecule has 0 spiro atoms. The van der Waals surface area contributed by atoms with Crippen molar-refractivity contribution in [2.24, 2.45) is 0 Å². The highest BCUT2D eigenvalue weighted by Crippen LogP contribution is 2.17. The predicted molar refractivity (Wildman–Crippen MR) is 87.1 cm³/mol. The van der Waals surface area contributed by atoms with Crippen LogP contribution in [-0.4, -0.2) is 37.1 Å². The molecule has 1 fully saturated rings.